The van der Waals surface area contributed by atoms with E-state index >= 15 is 0 Å². The molecule has 1 aromatic carbocycles. The number of anilines is 2. The van der Waals surface area contributed by atoms with Crippen LogP contribution in [0.25, 0.3) is 11.0 Å². The first kappa shape index (κ1) is 25.7. The minimum absolute atomic E-state index is 0.0283. The molecule has 186 valence electrons. The van der Waals surface area contributed by atoms with Crippen LogP contribution in [0.1, 0.15) is 43.7 Å². The van der Waals surface area contributed by atoms with Gasteiger partial charge >= 0.3 is 0 Å². The molecule has 1 aliphatic rings. The molecule has 5 N–H and O–H groups in total. The number of nitrogen functional groups attached to an aromatic ring is 1. The fraction of sp³-hybridized carbons (Fsp3) is 0.542. The van der Waals surface area contributed by atoms with Crippen LogP contribution in [0, 0.1) is 0 Å². The van der Waals surface area contributed by atoms with Crippen LogP contribution in [0.2, 0.25) is 0 Å². The summed E-state index contributed by atoms with van der Waals surface area (Å²) in [5.41, 5.74) is 15.0. The third-order valence-corrected chi connectivity index (χ3v) is 5.61. The minimum atomic E-state index is 0.0283. The first-order chi connectivity index (χ1) is 16.6. The maximum atomic E-state index is 9.47. The molecule has 1 aliphatic heterocycles. The Morgan fingerprint density at radius 3 is 2.62 bits per heavy atom. The Balaban J connectivity index is 0.000000574. The van der Waals surface area contributed by atoms with E-state index in [0.29, 0.717) is 36.5 Å². The summed E-state index contributed by atoms with van der Waals surface area (Å²) in [5, 5.41) is 14.2. The summed E-state index contributed by atoms with van der Waals surface area (Å²) in [5.74, 6) is 1.61. The smallest absolute Gasteiger partial charge is 0.222 e. The molecule has 1 saturated heterocycles. The number of aliphatic hydroxyl groups excluding tert-OH is 1. The Morgan fingerprint density at radius 2 is 2.00 bits per heavy atom. The fourth-order valence-corrected chi connectivity index (χ4v) is 3.79. The van der Waals surface area contributed by atoms with Gasteiger partial charge in [-0.25, -0.2) is 4.98 Å². The number of methoxy groups -OCH3 is 1. The first-order valence-corrected chi connectivity index (χ1v) is 11.9. The average Bonchev–Trinajstić information content (AvgIpc) is 3.55. The lowest BCUT2D eigenvalue weighted by atomic mass is 10.1. The largest absolute Gasteiger partial charge is 0.496 e. The normalized spacial score (nSPS) is 13.1. The molecule has 2 aromatic heterocycles. The molecule has 34 heavy (non-hydrogen) atoms. The van der Waals surface area contributed by atoms with E-state index in [1.807, 2.05) is 29.3 Å². The molecule has 0 radical (unpaired) electrons. The number of aliphatic hydroxyl groups is 1. The van der Waals surface area contributed by atoms with Gasteiger partial charge in [0.05, 0.1) is 26.5 Å². The van der Waals surface area contributed by atoms with Crippen molar-refractivity contribution in [1.29, 1.82) is 0 Å². The highest BCUT2D eigenvalue weighted by Crippen LogP contribution is 2.26. The Morgan fingerprint density at radius 1 is 1.21 bits per heavy atom. The maximum Gasteiger partial charge on any atom is 0.222 e. The third kappa shape index (κ3) is 6.78. The van der Waals surface area contributed by atoms with Crippen molar-refractivity contribution < 1.29 is 14.6 Å². The zero-order chi connectivity index (χ0) is 24.3. The van der Waals surface area contributed by atoms with Crippen LogP contribution in [0.5, 0.6) is 5.75 Å². The number of hydrogen-bond acceptors (Lipinski definition) is 9. The van der Waals surface area contributed by atoms with E-state index in [1.165, 1.54) is 12.8 Å². The summed E-state index contributed by atoms with van der Waals surface area (Å²) in [7, 11) is 1.64. The predicted octanol–water partition coefficient (Wildman–Crippen LogP) is 2.32. The number of rotatable bonds is 10. The van der Waals surface area contributed by atoms with Gasteiger partial charge in [0.25, 0.3) is 0 Å². The molecule has 0 unspecified atom stereocenters. The monoisotopic (exact) mass is 471 g/mol. The molecule has 0 spiro atoms. The molecule has 4 rings (SSSR count). The SMILES string of the molecule is C1CCOC1.CCCCN(CCO)c1nc(N)nc2cn(Cc3ccc(CN)cc3OC)nc12. The first-order valence-electron chi connectivity index (χ1n) is 11.9. The molecule has 3 heterocycles. The van der Waals surface area contributed by atoms with Crippen molar-refractivity contribution in [3.8, 4) is 5.75 Å². The van der Waals surface area contributed by atoms with Crippen molar-refractivity contribution in [2.45, 2.75) is 45.7 Å². The molecule has 0 amide bonds. The molecule has 10 heteroatoms. The highest BCUT2D eigenvalue weighted by Gasteiger charge is 2.17. The molecule has 0 bridgehead atoms. The van der Waals surface area contributed by atoms with Gasteiger partial charge in [0.1, 0.15) is 11.3 Å². The topological polar surface area (TPSA) is 138 Å². The number of unbranched alkanes of at least 4 members (excludes halogenated alkanes) is 1. The van der Waals surface area contributed by atoms with Crippen LogP contribution in [0.15, 0.2) is 24.4 Å². The molecule has 0 saturated carbocycles. The van der Waals surface area contributed by atoms with Crippen LogP contribution < -0.4 is 21.1 Å². The summed E-state index contributed by atoms with van der Waals surface area (Å²) < 4.78 is 12.3. The second-order valence-electron chi connectivity index (χ2n) is 8.20. The Bertz CT molecular complexity index is 1030. The average molecular weight is 472 g/mol. The quantitative estimate of drug-likeness (QED) is 0.407. The molecular weight excluding hydrogens is 434 g/mol. The molecule has 3 aromatic rings. The standard InChI is InChI=1S/C20H29N7O2.C4H8O/c1-3-4-7-26(8-9-28)19-18-16(23-20(22)24-19)13-27(25-18)12-15-6-5-14(11-21)10-17(15)29-2;1-2-4-5-3-1/h5-6,10,13,28H,3-4,7-9,11-12,21H2,1-2H3,(H2,22,23);1-4H2. The van der Waals surface area contributed by atoms with Crippen LogP contribution >= 0.6 is 0 Å². The lowest BCUT2D eigenvalue weighted by Gasteiger charge is -2.22. The lowest BCUT2D eigenvalue weighted by Crippen LogP contribution is -2.29. The number of aromatic nitrogens is 4. The summed E-state index contributed by atoms with van der Waals surface area (Å²) in [6.07, 6.45) is 6.43. The summed E-state index contributed by atoms with van der Waals surface area (Å²) in [6.45, 7) is 6.36. The van der Waals surface area contributed by atoms with Crippen LogP contribution in [-0.4, -0.2) is 64.9 Å². The minimum Gasteiger partial charge on any atom is -0.496 e. The third-order valence-electron chi connectivity index (χ3n) is 5.61. The zero-order valence-corrected chi connectivity index (χ0v) is 20.2. The van der Waals surface area contributed by atoms with Crippen molar-refractivity contribution in [2.75, 3.05) is 50.7 Å². The van der Waals surface area contributed by atoms with Gasteiger partial charge in [0, 0.05) is 38.4 Å². The highest BCUT2D eigenvalue weighted by molar-refractivity contribution is 5.86. The number of benzene rings is 1. The van der Waals surface area contributed by atoms with Crippen molar-refractivity contribution in [3.05, 3.63) is 35.5 Å². The molecular formula is C24H37N7O3. The Labute approximate surface area is 200 Å². The fourth-order valence-electron chi connectivity index (χ4n) is 3.79. The van der Waals surface area contributed by atoms with E-state index in [9.17, 15) is 5.11 Å². The van der Waals surface area contributed by atoms with Crippen molar-refractivity contribution in [3.63, 3.8) is 0 Å². The van der Waals surface area contributed by atoms with Gasteiger partial charge in [-0.05, 0) is 30.9 Å². The second-order valence-corrected chi connectivity index (χ2v) is 8.20. The van der Waals surface area contributed by atoms with Crippen LogP contribution in [0.4, 0.5) is 11.8 Å². The predicted molar refractivity (Wildman–Crippen MR) is 134 cm³/mol. The van der Waals surface area contributed by atoms with Gasteiger partial charge in [-0.15, -0.1) is 0 Å². The van der Waals surface area contributed by atoms with Crippen LogP contribution in [0.3, 0.4) is 0 Å². The summed E-state index contributed by atoms with van der Waals surface area (Å²) in [6, 6.07) is 5.92. The van der Waals surface area contributed by atoms with Gasteiger partial charge in [0.15, 0.2) is 11.3 Å². The number of nitrogens with two attached hydrogens (primary N) is 2. The van der Waals surface area contributed by atoms with Gasteiger partial charge < -0.3 is 30.9 Å². The number of hydrogen-bond donors (Lipinski definition) is 3. The van der Waals surface area contributed by atoms with Crippen molar-refractivity contribution >= 4 is 22.8 Å². The Hall–Kier alpha value is -2.95. The van der Waals surface area contributed by atoms with Gasteiger partial charge in [-0.3, -0.25) is 4.68 Å². The van der Waals surface area contributed by atoms with Crippen LogP contribution in [-0.2, 0) is 17.8 Å². The van der Waals surface area contributed by atoms with Gasteiger partial charge in [-0.1, -0.05) is 25.5 Å². The van der Waals surface area contributed by atoms with Gasteiger partial charge in [-0.2, -0.15) is 10.1 Å². The Kier molecular flexibility index (Phi) is 9.87. The molecule has 0 aliphatic carbocycles. The molecule has 0 atom stereocenters. The number of fused-ring (bicyclic) bond motifs is 1. The second kappa shape index (κ2) is 13.1. The van der Waals surface area contributed by atoms with E-state index in [2.05, 4.69) is 16.9 Å². The zero-order valence-electron chi connectivity index (χ0n) is 20.2. The number of ether oxygens (including phenoxy) is 2. The van der Waals surface area contributed by atoms with Crippen molar-refractivity contribution in [1.82, 2.24) is 19.7 Å². The highest BCUT2D eigenvalue weighted by atomic mass is 16.5. The maximum absolute atomic E-state index is 9.47. The van der Waals surface area contributed by atoms with E-state index in [-0.39, 0.29) is 12.6 Å². The van der Waals surface area contributed by atoms with E-state index in [1.54, 1.807) is 11.8 Å². The number of nitrogens with zero attached hydrogens (tertiary/aromatic N) is 5. The molecule has 1 fully saturated rings. The van der Waals surface area contributed by atoms with E-state index in [4.69, 9.17) is 26.0 Å². The lowest BCUT2D eigenvalue weighted by molar-refractivity contribution is 0.198. The van der Waals surface area contributed by atoms with Crippen molar-refractivity contribution in [2.24, 2.45) is 5.73 Å². The summed E-state index contributed by atoms with van der Waals surface area (Å²) >= 11 is 0. The van der Waals surface area contributed by atoms with Gasteiger partial charge in [0.2, 0.25) is 5.95 Å². The molecule has 10 nitrogen and oxygen atoms in total. The van der Waals surface area contributed by atoms with E-state index < -0.39 is 0 Å². The summed E-state index contributed by atoms with van der Waals surface area (Å²) in [4.78, 5) is 10.8. The van der Waals surface area contributed by atoms with E-state index in [0.717, 1.165) is 49.5 Å².